The highest BCUT2D eigenvalue weighted by atomic mass is 16.2. The molecule has 3 aromatic heterocycles. The molecule has 4 heterocycles. The molecule has 5 aromatic rings. The van der Waals surface area contributed by atoms with Gasteiger partial charge in [-0.1, -0.05) is 24.3 Å². The van der Waals surface area contributed by atoms with Gasteiger partial charge in [-0.15, -0.1) is 0 Å². The number of imidazole rings is 1. The van der Waals surface area contributed by atoms with E-state index in [9.17, 15) is 4.79 Å². The monoisotopic (exact) mass is 408 g/mol. The highest BCUT2D eigenvalue weighted by molar-refractivity contribution is 6.09. The Morgan fingerprint density at radius 3 is 2.77 bits per heavy atom. The number of benzene rings is 2. The van der Waals surface area contributed by atoms with Crippen LogP contribution in [0.2, 0.25) is 0 Å². The van der Waals surface area contributed by atoms with Crippen molar-refractivity contribution in [2.45, 2.75) is 25.8 Å². The number of carbonyl (C=O) groups is 1. The summed E-state index contributed by atoms with van der Waals surface area (Å²) in [5.74, 6) is 0.789. The van der Waals surface area contributed by atoms with Crippen LogP contribution in [0, 0.1) is 0 Å². The minimum Gasteiger partial charge on any atom is -0.337 e. The summed E-state index contributed by atoms with van der Waals surface area (Å²) in [7, 11) is 0. The van der Waals surface area contributed by atoms with Crippen molar-refractivity contribution >= 4 is 33.5 Å². The molecule has 0 aliphatic carbocycles. The molecule has 0 saturated heterocycles. The summed E-state index contributed by atoms with van der Waals surface area (Å²) >= 11 is 0. The summed E-state index contributed by atoms with van der Waals surface area (Å²) < 4.78 is 0. The number of nitrogens with one attached hydrogen (secondary N) is 2. The Kier molecular flexibility index (Phi) is 3.59. The molecule has 0 spiro atoms. The van der Waals surface area contributed by atoms with Crippen molar-refractivity contribution < 1.29 is 4.79 Å². The summed E-state index contributed by atoms with van der Waals surface area (Å²) in [4.78, 5) is 27.5. The zero-order valence-electron chi connectivity index (χ0n) is 17.2. The maximum absolute atomic E-state index is 13.2. The zero-order valence-corrected chi connectivity index (χ0v) is 17.2. The standard InChI is InChI=1S/C24H20N6O/c1-24(2)16-10-18-19(11-20(16)30(23(24)31)13-14-6-5-9-25-12-14)27-22(26-18)21-15-7-3-4-8-17(15)28-29-21/h3-12H,13H2,1-2H3,(H,26,27)(H,28,29). The molecule has 0 atom stereocenters. The SMILES string of the molecule is CC1(C)C(=O)N(Cc2cccnc2)c2cc3nc(-c4n[nH]c5ccccc45)[nH]c3cc21. The second-order valence-corrected chi connectivity index (χ2v) is 8.47. The third-order valence-electron chi connectivity index (χ3n) is 6.10. The average Bonchev–Trinajstić information content (AvgIpc) is 3.44. The number of amides is 1. The fourth-order valence-electron chi connectivity index (χ4n) is 4.42. The third kappa shape index (κ3) is 2.59. The van der Waals surface area contributed by atoms with Crippen molar-refractivity contribution in [1.29, 1.82) is 0 Å². The van der Waals surface area contributed by atoms with Crippen molar-refractivity contribution in [3.63, 3.8) is 0 Å². The van der Waals surface area contributed by atoms with Crippen LogP contribution in [0.15, 0.2) is 60.9 Å². The first-order valence-corrected chi connectivity index (χ1v) is 10.2. The van der Waals surface area contributed by atoms with Gasteiger partial charge in [0.15, 0.2) is 5.82 Å². The average molecular weight is 408 g/mol. The molecule has 7 heteroatoms. The van der Waals surface area contributed by atoms with Gasteiger partial charge in [-0.25, -0.2) is 4.98 Å². The number of aromatic nitrogens is 5. The van der Waals surface area contributed by atoms with Crippen molar-refractivity contribution in [2.24, 2.45) is 0 Å². The normalized spacial score (nSPS) is 15.2. The van der Waals surface area contributed by atoms with Crippen LogP contribution >= 0.6 is 0 Å². The number of carbonyl (C=O) groups excluding carboxylic acids is 1. The lowest BCUT2D eigenvalue weighted by atomic mass is 9.86. The number of pyridine rings is 1. The van der Waals surface area contributed by atoms with Gasteiger partial charge in [-0.3, -0.25) is 14.9 Å². The molecular formula is C24H20N6O. The molecule has 31 heavy (non-hydrogen) atoms. The van der Waals surface area contributed by atoms with E-state index in [1.807, 2.05) is 61.2 Å². The quantitative estimate of drug-likeness (QED) is 0.465. The number of para-hydroxylation sites is 1. The topological polar surface area (TPSA) is 90.6 Å². The van der Waals surface area contributed by atoms with Gasteiger partial charge in [-0.2, -0.15) is 5.10 Å². The highest BCUT2D eigenvalue weighted by Crippen LogP contribution is 2.44. The maximum Gasteiger partial charge on any atom is 0.237 e. The van der Waals surface area contributed by atoms with Crippen LogP contribution < -0.4 is 4.90 Å². The number of anilines is 1. The van der Waals surface area contributed by atoms with Gasteiger partial charge in [0.1, 0.15) is 5.69 Å². The van der Waals surface area contributed by atoms with Crippen LogP contribution in [-0.4, -0.2) is 31.1 Å². The van der Waals surface area contributed by atoms with Gasteiger partial charge < -0.3 is 9.88 Å². The fourth-order valence-corrected chi connectivity index (χ4v) is 4.42. The minimum atomic E-state index is -0.615. The molecule has 0 unspecified atom stereocenters. The Balaban J connectivity index is 1.49. The Labute approximate surface area is 178 Å². The molecule has 0 saturated carbocycles. The lowest BCUT2D eigenvalue weighted by Crippen LogP contribution is -2.35. The molecule has 0 radical (unpaired) electrons. The van der Waals surface area contributed by atoms with E-state index in [-0.39, 0.29) is 5.91 Å². The lowest BCUT2D eigenvalue weighted by Gasteiger charge is -2.20. The van der Waals surface area contributed by atoms with Gasteiger partial charge in [-0.05, 0) is 49.2 Å². The lowest BCUT2D eigenvalue weighted by molar-refractivity contribution is -0.122. The molecule has 2 N–H and O–H groups in total. The predicted octanol–water partition coefficient (Wildman–Crippen LogP) is 4.33. The molecule has 0 bridgehead atoms. The summed E-state index contributed by atoms with van der Waals surface area (Å²) in [6.07, 6.45) is 3.53. The smallest absolute Gasteiger partial charge is 0.237 e. The summed E-state index contributed by atoms with van der Waals surface area (Å²) in [5, 5.41) is 8.54. The number of hydrogen-bond acceptors (Lipinski definition) is 4. The number of nitrogens with zero attached hydrogens (tertiary/aromatic N) is 4. The highest BCUT2D eigenvalue weighted by Gasteiger charge is 2.44. The molecule has 1 aliphatic rings. The van der Waals surface area contributed by atoms with E-state index in [1.165, 1.54) is 0 Å². The van der Waals surface area contributed by atoms with Gasteiger partial charge in [0.2, 0.25) is 5.91 Å². The summed E-state index contributed by atoms with van der Waals surface area (Å²) in [5.41, 5.74) is 5.73. The number of hydrogen-bond donors (Lipinski definition) is 2. The predicted molar refractivity (Wildman–Crippen MR) is 120 cm³/mol. The van der Waals surface area contributed by atoms with Gasteiger partial charge >= 0.3 is 0 Å². The molecule has 1 amide bonds. The van der Waals surface area contributed by atoms with Gasteiger partial charge in [0.05, 0.1) is 34.2 Å². The number of H-pyrrole nitrogens is 2. The van der Waals surface area contributed by atoms with E-state index in [4.69, 9.17) is 4.98 Å². The molecule has 7 nitrogen and oxygen atoms in total. The van der Waals surface area contributed by atoms with Crippen LogP contribution in [0.1, 0.15) is 25.0 Å². The molecule has 1 aliphatic heterocycles. The molecule has 0 fully saturated rings. The summed E-state index contributed by atoms with van der Waals surface area (Å²) in [6.45, 7) is 4.43. The molecule has 2 aromatic carbocycles. The van der Waals surface area contributed by atoms with Gasteiger partial charge in [0.25, 0.3) is 0 Å². The van der Waals surface area contributed by atoms with E-state index >= 15 is 0 Å². The van der Waals surface area contributed by atoms with Crippen LogP contribution in [0.3, 0.4) is 0 Å². The Morgan fingerprint density at radius 2 is 1.94 bits per heavy atom. The van der Waals surface area contributed by atoms with Crippen LogP contribution in [0.4, 0.5) is 5.69 Å². The number of fused-ring (bicyclic) bond motifs is 3. The minimum absolute atomic E-state index is 0.0810. The fraction of sp³-hybridized carbons (Fsp3) is 0.167. The maximum atomic E-state index is 13.2. The Hall–Kier alpha value is -4.00. The van der Waals surface area contributed by atoms with Crippen LogP contribution in [-0.2, 0) is 16.8 Å². The van der Waals surface area contributed by atoms with Crippen LogP contribution in [0.5, 0.6) is 0 Å². The van der Waals surface area contributed by atoms with E-state index in [0.717, 1.165) is 44.4 Å². The number of aromatic amines is 2. The van der Waals surface area contributed by atoms with E-state index in [2.05, 4.69) is 26.2 Å². The Bertz CT molecular complexity index is 1460. The number of rotatable bonds is 3. The van der Waals surface area contributed by atoms with Crippen molar-refractivity contribution in [3.05, 3.63) is 72.1 Å². The first-order valence-electron chi connectivity index (χ1n) is 10.2. The van der Waals surface area contributed by atoms with Gasteiger partial charge in [0, 0.05) is 17.8 Å². The molecular weight excluding hydrogens is 388 g/mol. The molecule has 152 valence electrons. The largest absolute Gasteiger partial charge is 0.337 e. The van der Waals surface area contributed by atoms with Crippen molar-refractivity contribution in [2.75, 3.05) is 4.90 Å². The Morgan fingerprint density at radius 1 is 1.06 bits per heavy atom. The van der Waals surface area contributed by atoms with Crippen LogP contribution in [0.25, 0.3) is 33.5 Å². The summed E-state index contributed by atoms with van der Waals surface area (Å²) in [6, 6.07) is 15.9. The zero-order chi connectivity index (χ0) is 21.2. The van der Waals surface area contributed by atoms with E-state index in [0.29, 0.717) is 12.4 Å². The second-order valence-electron chi connectivity index (χ2n) is 8.47. The van der Waals surface area contributed by atoms with Crippen molar-refractivity contribution in [3.8, 4) is 11.5 Å². The second kappa shape index (κ2) is 6.25. The molecule has 6 rings (SSSR count). The first kappa shape index (κ1) is 17.8. The van der Waals surface area contributed by atoms with E-state index in [1.54, 1.807) is 12.4 Å². The van der Waals surface area contributed by atoms with E-state index < -0.39 is 5.41 Å². The van der Waals surface area contributed by atoms with Crippen molar-refractivity contribution in [1.82, 2.24) is 25.1 Å². The third-order valence-corrected chi connectivity index (χ3v) is 6.10. The first-order chi connectivity index (χ1) is 15.0.